The predicted octanol–water partition coefficient (Wildman–Crippen LogP) is 2.27. The second-order valence-corrected chi connectivity index (χ2v) is 3.19. The number of carbonyl (C=O) groups excluding carboxylic acids is 1. The first-order chi connectivity index (χ1) is 8.31. The standard InChI is InChI=1S/C11H8N2O3S/c14-10(16-17)8-4-1-2-5-9(8)15-11-12-6-3-7-13-11/h1-7,17H. The summed E-state index contributed by atoms with van der Waals surface area (Å²) >= 11 is 3.46. The van der Waals surface area contributed by atoms with Gasteiger partial charge in [0.15, 0.2) is 0 Å². The van der Waals surface area contributed by atoms with Gasteiger partial charge in [-0.1, -0.05) is 12.1 Å². The van der Waals surface area contributed by atoms with E-state index in [4.69, 9.17) is 4.74 Å². The van der Waals surface area contributed by atoms with E-state index in [1.165, 1.54) is 0 Å². The summed E-state index contributed by atoms with van der Waals surface area (Å²) in [6, 6.07) is 8.44. The second kappa shape index (κ2) is 5.31. The van der Waals surface area contributed by atoms with E-state index in [9.17, 15) is 4.79 Å². The lowest BCUT2D eigenvalue weighted by Crippen LogP contribution is -2.02. The highest BCUT2D eigenvalue weighted by atomic mass is 32.1. The van der Waals surface area contributed by atoms with Gasteiger partial charge in [-0.2, -0.15) is 0 Å². The highest BCUT2D eigenvalue weighted by Crippen LogP contribution is 2.23. The quantitative estimate of drug-likeness (QED) is 0.667. The van der Waals surface area contributed by atoms with Crippen LogP contribution < -0.4 is 4.74 Å². The molecule has 86 valence electrons. The maximum Gasteiger partial charge on any atom is 0.353 e. The molecule has 0 amide bonds. The Morgan fingerprint density at radius 2 is 1.82 bits per heavy atom. The van der Waals surface area contributed by atoms with Crippen LogP contribution in [0.15, 0.2) is 42.7 Å². The van der Waals surface area contributed by atoms with Gasteiger partial charge in [-0.25, -0.2) is 14.8 Å². The molecule has 5 nitrogen and oxygen atoms in total. The fourth-order valence-electron chi connectivity index (χ4n) is 1.21. The molecular weight excluding hydrogens is 240 g/mol. The Kier molecular flexibility index (Phi) is 3.56. The van der Waals surface area contributed by atoms with Crippen LogP contribution in [-0.4, -0.2) is 15.9 Å². The molecule has 0 fully saturated rings. The molecule has 0 aliphatic rings. The van der Waals surface area contributed by atoms with E-state index >= 15 is 0 Å². The van der Waals surface area contributed by atoms with Crippen molar-refractivity contribution in [2.75, 3.05) is 0 Å². The van der Waals surface area contributed by atoms with Crippen molar-refractivity contribution < 1.29 is 13.7 Å². The van der Waals surface area contributed by atoms with Gasteiger partial charge in [0.25, 0.3) is 0 Å². The molecular formula is C11H8N2O3S. The molecule has 1 aromatic heterocycles. The van der Waals surface area contributed by atoms with Crippen LogP contribution in [0.2, 0.25) is 0 Å². The summed E-state index contributed by atoms with van der Waals surface area (Å²) in [5.74, 6) is -0.280. The number of rotatable bonds is 3. The number of nitrogens with zero attached hydrogens (tertiary/aromatic N) is 2. The Morgan fingerprint density at radius 3 is 2.53 bits per heavy atom. The molecule has 6 heteroatoms. The van der Waals surface area contributed by atoms with Crippen molar-refractivity contribution in [1.82, 2.24) is 9.97 Å². The van der Waals surface area contributed by atoms with Gasteiger partial charge in [0, 0.05) is 25.3 Å². The number of benzene rings is 1. The second-order valence-electron chi connectivity index (χ2n) is 3.01. The monoisotopic (exact) mass is 248 g/mol. The molecule has 0 bridgehead atoms. The van der Waals surface area contributed by atoms with Crippen molar-refractivity contribution in [2.45, 2.75) is 0 Å². The third-order valence-electron chi connectivity index (χ3n) is 1.93. The Bertz CT molecular complexity index is 519. The summed E-state index contributed by atoms with van der Waals surface area (Å²) in [7, 11) is 0. The van der Waals surface area contributed by atoms with Crippen molar-refractivity contribution in [2.24, 2.45) is 0 Å². The van der Waals surface area contributed by atoms with Crippen LogP contribution in [0.25, 0.3) is 0 Å². The summed E-state index contributed by atoms with van der Waals surface area (Å²) < 4.78 is 9.72. The fourth-order valence-corrected chi connectivity index (χ4v) is 1.31. The van der Waals surface area contributed by atoms with Crippen molar-refractivity contribution >= 4 is 18.9 Å². The Balaban J connectivity index is 2.30. The number of para-hydroxylation sites is 1. The molecule has 0 radical (unpaired) electrons. The van der Waals surface area contributed by atoms with Gasteiger partial charge >= 0.3 is 12.0 Å². The topological polar surface area (TPSA) is 61.3 Å². The maximum absolute atomic E-state index is 11.4. The molecule has 2 aromatic rings. The minimum Gasteiger partial charge on any atom is -0.423 e. The van der Waals surface area contributed by atoms with E-state index in [1.54, 1.807) is 42.7 Å². The molecule has 0 aliphatic carbocycles. The largest absolute Gasteiger partial charge is 0.423 e. The normalized spacial score (nSPS) is 9.71. The van der Waals surface area contributed by atoms with Crippen molar-refractivity contribution in [3.05, 3.63) is 48.3 Å². The van der Waals surface area contributed by atoms with E-state index in [1.807, 2.05) is 0 Å². The first kappa shape index (κ1) is 11.4. The molecule has 0 spiro atoms. The van der Waals surface area contributed by atoms with Crippen molar-refractivity contribution in [3.8, 4) is 11.8 Å². The van der Waals surface area contributed by atoms with Gasteiger partial charge in [-0.15, -0.1) is 0 Å². The summed E-state index contributed by atoms with van der Waals surface area (Å²) in [5.41, 5.74) is 0.259. The summed E-state index contributed by atoms with van der Waals surface area (Å²) in [4.78, 5) is 19.2. The Hall–Kier alpha value is -2.08. The molecule has 0 aliphatic heterocycles. The van der Waals surface area contributed by atoms with Crippen LogP contribution in [0.4, 0.5) is 0 Å². The van der Waals surface area contributed by atoms with Crippen molar-refractivity contribution in [3.63, 3.8) is 0 Å². The van der Waals surface area contributed by atoms with Crippen LogP contribution in [0.3, 0.4) is 0 Å². The van der Waals surface area contributed by atoms with E-state index < -0.39 is 5.97 Å². The lowest BCUT2D eigenvalue weighted by Gasteiger charge is -2.06. The molecule has 1 heterocycles. The molecule has 0 atom stereocenters. The van der Waals surface area contributed by atoms with Gasteiger partial charge < -0.3 is 8.92 Å². The third-order valence-corrected chi connectivity index (χ3v) is 2.10. The molecule has 0 saturated carbocycles. The zero-order chi connectivity index (χ0) is 12.1. The average Bonchev–Trinajstić information content (AvgIpc) is 2.40. The number of hydrogen-bond donors (Lipinski definition) is 1. The van der Waals surface area contributed by atoms with Crippen molar-refractivity contribution in [1.29, 1.82) is 0 Å². The van der Waals surface area contributed by atoms with Gasteiger partial charge in [0.2, 0.25) is 0 Å². The van der Waals surface area contributed by atoms with Gasteiger partial charge in [-0.05, 0) is 18.2 Å². The third kappa shape index (κ3) is 2.73. The minimum absolute atomic E-state index is 0.159. The highest BCUT2D eigenvalue weighted by molar-refractivity contribution is 7.75. The van der Waals surface area contributed by atoms with Crippen LogP contribution in [0, 0.1) is 0 Å². The summed E-state index contributed by atoms with van der Waals surface area (Å²) in [5, 5.41) is 0. The molecule has 17 heavy (non-hydrogen) atoms. The maximum atomic E-state index is 11.4. The highest BCUT2D eigenvalue weighted by Gasteiger charge is 2.13. The zero-order valence-electron chi connectivity index (χ0n) is 8.61. The van der Waals surface area contributed by atoms with Gasteiger partial charge in [0.05, 0.1) is 0 Å². The van der Waals surface area contributed by atoms with Crippen LogP contribution in [0.1, 0.15) is 10.4 Å². The Morgan fingerprint density at radius 1 is 1.12 bits per heavy atom. The summed E-state index contributed by atoms with van der Waals surface area (Å²) in [6.45, 7) is 0. The first-order valence-corrected chi connectivity index (χ1v) is 5.07. The van der Waals surface area contributed by atoms with Gasteiger partial charge in [-0.3, -0.25) is 0 Å². The number of hydrogen-bond acceptors (Lipinski definition) is 6. The lowest BCUT2D eigenvalue weighted by atomic mass is 10.2. The number of carbonyl (C=O) groups is 1. The zero-order valence-corrected chi connectivity index (χ0v) is 9.50. The smallest absolute Gasteiger partial charge is 0.353 e. The Labute approximate surface area is 103 Å². The summed E-state index contributed by atoms with van der Waals surface area (Å²) in [6.07, 6.45) is 3.09. The number of ether oxygens (including phenoxy) is 1. The molecule has 0 unspecified atom stereocenters. The molecule has 1 aromatic carbocycles. The fraction of sp³-hybridized carbons (Fsp3) is 0. The van der Waals surface area contributed by atoms with E-state index in [0.29, 0.717) is 5.75 Å². The van der Waals surface area contributed by atoms with Crippen LogP contribution >= 0.6 is 12.9 Å². The van der Waals surface area contributed by atoms with Gasteiger partial charge in [0.1, 0.15) is 11.3 Å². The molecule has 2 rings (SSSR count). The molecule has 0 N–H and O–H groups in total. The first-order valence-electron chi connectivity index (χ1n) is 4.71. The molecule has 0 saturated heterocycles. The van der Waals surface area contributed by atoms with E-state index in [-0.39, 0.29) is 11.6 Å². The SMILES string of the molecule is O=C(OS)c1ccccc1Oc1ncccn1. The average molecular weight is 248 g/mol. The minimum atomic E-state index is -0.597. The predicted molar refractivity (Wildman–Crippen MR) is 62.9 cm³/mol. The van der Waals surface area contributed by atoms with E-state index in [2.05, 4.69) is 27.1 Å². The number of thiol groups is 1. The lowest BCUT2D eigenvalue weighted by molar-refractivity contribution is 0.0769. The van der Waals surface area contributed by atoms with Crippen LogP contribution in [0.5, 0.6) is 11.8 Å². The number of aromatic nitrogens is 2. The van der Waals surface area contributed by atoms with Crippen LogP contribution in [-0.2, 0) is 4.18 Å². The van der Waals surface area contributed by atoms with E-state index in [0.717, 1.165) is 0 Å².